The molecule has 148 valence electrons. The van der Waals surface area contributed by atoms with Gasteiger partial charge in [-0.3, -0.25) is 14.9 Å². The molecule has 3 aromatic carbocycles. The summed E-state index contributed by atoms with van der Waals surface area (Å²) >= 11 is 0. The number of rotatable bonds is 6. The summed E-state index contributed by atoms with van der Waals surface area (Å²) in [5.41, 5.74) is 1.39. The molecule has 0 aromatic heterocycles. The van der Waals surface area contributed by atoms with Gasteiger partial charge < -0.3 is 10.1 Å². The molecule has 0 fully saturated rings. The van der Waals surface area contributed by atoms with Crippen molar-refractivity contribution in [2.75, 3.05) is 11.9 Å². The third kappa shape index (κ3) is 4.48. The van der Waals surface area contributed by atoms with Crippen molar-refractivity contribution in [3.05, 3.63) is 94.0 Å². The van der Waals surface area contributed by atoms with E-state index in [1.807, 2.05) is 0 Å². The van der Waals surface area contributed by atoms with E-state index < -0.39 is 23.4 Å². The van der Waals surface area contributed by atoms with Crippen molar-refractivity contribution in [3.8, 4) is 17.2 Å². The Kier molecular flexibility index (Phi) is 6.15. The van der Waals surface area contributed by atoms with E-state index in [-0.39, 0.29) is 16.9 Å². The van der Waals surface area contributed by atoms with Crippen LogP contribution in [0.25, 0.3) is 11.1 Å². The van der Waals surface area contributed by atoms with Crippen LogP contribution in [-0.2, 0) is 9.53 Å². The number of ether oxygens (including phenoxy) is 1. The Bertz CT molecular complexity index is 1170. The molecule has 8 nitrogen and oxygen atoms in total. The number of carbonyl (C=O) groups is 2. The Hall–Kier alpha value is -4.51. The van der Waals surface area contributed by atoms with Gasteiger partial charge in [0.2, 0.25) is 0 Å². The van der Waals surface area contributed by atoms with Crippen molar-refractivity contribution < 1.29 is 19.2 Å². The molecule has 0 saturated carbocycles. The first-order valence-electron chi connectivity index (χ1n) is 8.80. The number of anilines is 1. The summed E-state index contributed by atoms with van der Waals surface area (Å²) in [6, 6.07) is 21.1. The minimum atomic E-state index is -0.754. The number of para-hydroxylation sites is 2. The molecule has 0 heterocycles. The molecule has 0 spiro atoms. The molecule has 8 heteroatoms. The van der Waals surface area contributed by atoms with Crippen LogP contribution in [0.3, 0.4) is 0 Å². The molecule has 0 aliphatic heterocycles. The first-order valence-corrected chi connectivity index (χ1v) is 8.80. The summed E-state index contributed by atoms with van der Waals surface area (Å²) in [6.07, 6.45) is 0. The Balaban J connectivity index is 1.75. The lowest BCUT2D eigenvalue weighted by atomic mass is 9.96. The zero-order chi connectivity index (χ0) is 21.5. The first-order chi connectivity index (χ1) is 14.5. The number of hydrogen-bond acceptors (Lipinski definition) is 6. The Labute approximate surface area is 171 Å². The van der Waals surface area contributed by atoms with Gasteiger partial charge in [0.25, 0.3) is 11.6 Å². The average Bonchev–Trinajstić information content (AvgIpc) is 2.77. The van der Waals surface area contributed by atoms with Crippen LogP contribution >= 0.6 is 0 Å². The molecule has 3 aromatic rings. The fourth-order valence-corrected chi connectivity index (χ4v) is 2.85. The van der Waals surface area contributed by atoms with Crippen molar-refractivity contribution in [3.63, 3.8) is 0 Å². The number of benzene rings is 3. The summed E-state index contributed by atoms with van der Waals surface area (Å²) in [7, 11) is 0. The molecule has 0 aliphatic carbocycles. The maximum absolute atomic E-state index is 12.6. The number of nitriles is 1. The number of esters is 1. The Morgan fingerprint density at radius 2 is 1.60 bits per heavy atom. The van der Waals surface area contributed by atoms with E-state index in [0.29, 0.717) is 16.7 Å². The molecule has 30 heavy (non-hydrogen) atoms. The van der Waals surface area contributed by atoms with E-state index in [0.717, 1.165) is 0 Å². The van der Waals surface area contributed by atoms with Gasteiger partial charge in [0, 0.05) is 11.6 Å². The number of carbonyl (C=O) groups excluding carboxylic acids is 2. The fraction of sp³-hybridized carbons (Fsp3) is 0.0455. The molecule has 1 amide bonds. The minimum absolute atomic E-state index is 0.00639. The van der Waals surface area contributed by atoms with Crippen LogP contribution in [0, 0.1) is 21.4 Å². The number of hydrogen-bond donors (Lipinski definition) is 1. The molecule has 1 N–H and O–H groups in total. The van der Waals surface area contributed by atoms with Gasteiger partial charge in [0.05, 0.1) is 22.1 Å². The molecular formula is C22H15N3O5. The molecule has 3 rings (SSSR count). The van der Waals surface area contributed by atoms with Crippen LogP contribution < -0.4 is 5.32 Å². The second-order valence-electron chi connectivity index (χ2n) is 6.10. The molecule has 0 aliphatic rings. The summed E-state index contributed by atoms with van der Waals surface area (Å²) < 4.78 is 5.09. The van der Waals surface area contributed by atoms with Crippen LogP contribution in [0.15, 0.2) is 72.8 Å². The van der Waals surface area contributed by atoms with Gasteiger partial charge in [0.1, 0.15) is 5.69 Å². The van der Waals surface area contributed by atoms with Gasteiger partial charge in [-0.05, 0) is 23.8 Å². The number of amides is 1. The van der Waals surface area contributed by atoms with E-state index in [1.54, 1.807) is 42.5 Å². The van der Waals surface area contributed by atoms with Crippen LogP contribution in [0.1, 0.15) is 15.9 Å². The van der Waals surface area contributed by atoms with Crippen molar-refractivity contribution in [2.24, 2.45) is 0 Å². The smallest absolute Gasteiger partial charge is 0.339 e. The highest BCUT2D eigenvalue weighted by molar-refractivity contribution is 6.00. The highest BCUT2D eigenvalue weighted by Gasteiger charge is 2.19. The maximum atomic E-state index is 12.6. The van der Waals surface area contributed by atoms with E-state index >= 15 is 0 Å². The molecule has 0 bridgehead atoms. The summed E-state index contributed by atoms with van der Waals surface area (Å²) in [6.45, 7) is -0.626. The number of nitrogens with one attached hydrogen (secondary N) is 1. The van der Waals surface area contributed by atoms with Gasteiger partial charge in [-0.2, -0.15) is 5.26 Å². The second kappa shape index (κ2) is 9.12. The van der Waals surface area contributed by atoms with Crippen LogP contribution in [0.5, 0.6) is 0 Å². The van der Waals surface area contributed by atoms with E-state index in [4.69, 9.17) is 4.74 Å². The van der Waals surface area contributed by atoms with Crippen LogP contribution in [-0.4, -0.2) is 23.4 Å². The van der Waals surface area contributed by atoms with Gasteiger partial charge in [-0.15, -0.1) is 0 Å². The largest absolute Gasteiger partial charge is 0.452 e. The van der Waals surface area contributed by atoms with Gasteiger partial charge >= 0.3 is 5.97 Å². The first kappa shape index (κ1) is 20.2. The van der Waals surface area contributed by atoms with Crippen molar-refractivity contribution in [2.45, 2.75) is 0 Å². The van der Waals surface area contributed by atoms with Crippen molar-refractivity contribution >= 4 is 23.3 Å². The van der Waals surface area contributed by atoms with Crippen molar-refractivity contribution in [1.82, 2.24) is 0 Å². The predicted molar refractivity (Wildman–Crippen MR) is 109 cm³/mol. The zero-order valence-electron chi connectivity index (χ0n) is 15.6. The highest BCUT2D eigenvalue weighted by atomic mass is 16.6. The van der Waals surface area contributed by atoms with Gasteiger partial charge in [0.15, 0.2) is 6.61 Å². The Morgan fingerprint density at radius 3 is 2.33 bits per heavy atom. The fourth-order valence-electron chi connectivity index (χ4n) is 2.85. The SMILES string of the molecule is N#Cc1ccccc1-c1ccccc1C(=O)OCC(=O)Nc1ccccc1[N+](=O)[O-]. The predicted octanol–water partition coefficient (Wildman–Crippen LogP) is 3.93. The lowest BCUT2D eigenvalue weighted by Gasteiger charge is -2.11. The normalized spacial score (nSPS) is 9.97. The molecule has 0 unspecified atom stereocenters. The van der Waals surface area contributed by atoms with Gasteiger partial charge in [-0.25, -0.2) is 4.79 Å². The highest BCUT2D eigenvalue weighted by Crippen LogP contribution is 2.27. The summed E-state index contributed by atoms with van der Waals surface area (Å²) in [5, 5.41) is 22.7. The molecule has 0 radical (unpaired) electrons. The summed E-state index contributed by atoms with van der Waals surface area (Å²) in [4.78, 5) is 35.1. The van der Waals surface area contributed by atoms with E-state index in [1.165, 1.54) is 30.3 Å². The second-order valence-corrected chi connectivity index (χ2v) is 6.10. The Morgan fingerprint density at radius 1 is 0.967 bits per heavy atom. The van der Waals surface area contributed by atoms with Crippen molar-refractivity contribution in [1.29, 1.82) is 5.26 Å². The lowest BCUT2D eigenvalue weighted by molar-refractivity contribution is -0.383. The molecular weight excluding hydrogens is 386 g/mol. The average molecular weight is 401 g/mol. The standard InChI is InChI=1S/C22H15N3O5/c23-13-15-7-1-2-8-16(15)17-9-3-4-10-18(17)22(27)30-14-21(26)24-19-11-5-6-12-20(19)25(28)29/h1-12H,14H2,(H,24,26). The maximum Gasteiger partial charge on any atom is 0.339 e. The third-order valence-electron chi connectivity index (χ3n) is 4.19. The lowest BCUT2D eigenvalue weighted by Crippen LogP contribution is -2.21. The quantitative estimate of drug-likeness (QED) is 0.379. The monoisotopic (exact) mass is 401 g/mol. The molecule has 0 atom stereocenters. The van der Waals surface area contributed by atoms with Crippen LogP contribution in [0.4, 0.5) is 11.4 Å². The van der Waals surface area contributed by atoms with E-state index in [9.17, 15) is 25.0 Å². The zero-order valence-corrected chi connectivity index (χ0v) is 15.6. The molecule has 0 saturated heterocycles. The summed E-state index contributed by atoms with van der Waals surface area (Å²) in [5.74, 6) is -1.47. The third-order valence-corrected chi connectivity index (χ3v) is 4.19. The topological polar surface area (TPSA) is 122 Å². The van der Waals surface area contributed by atoms with Gasteiger partial charge in [-0.1, -0.05) is 48.5 Å². The number of nitro groups is 1. The minimum Gasteiger partial charge on any atom is -0.452 e. The number of nitrogens with zero attached hydrogens (tertiary/aromatic N) is 2. The number of nitro benzene ring substituents is 1. The van der Waals surface area contributed by atoms with Crippen LogP contribution in [0.2, 0.25) is 0 Å². The van der Waals surface area contributed by atoms with E-state index in [2.05, 4.69) is 11.4 Å².